The number of carboxylic acids is 1. The van der Waals surface area contributed by atoms with E-state index in [0.717, 1.165) is 27.6 Å². The minimum absolute atomic E-state index is 0.339. The van der Waals surface area contributed by atoms with Gasteiger partial charge >= 0.3 is 5.97 Å². The van der Waals surface area contributed by atoms with Gasteiger partial charge in [-0.1, -0.05) is 79.4 Å². The number of nitrogens with one attached hydrogen (secondary N) is 1. The first-order chi connectivity index (χ1) is 15.1. The molecule has 0 saturated heterocycles. The summed E-state index contributed by atoms with van der Waals surface area (Å²) in [6, 6.07) is 24.2. The Morgan fingerprint density at radius 1 is 1.00 bits per heavy atom. The maximum atomic E-state index is 12.3. The summed E-state index contributed by atoms with van der Waals surface area (Å²) in [6.45, 7) is 7.55. The number of hydrogen-bond donors (Lipinski definition) is 2. The molecule has 156 valence electrons. The fraction of sp³-hybridized carbons (Fsp3) is 0.148. The average molecular weight is 411 g/mol. The van der Waals surface area contributed by atoms with Crippen LogP contribution in [0.15, 0.2) is 79.4 Å². The molecule has 0 atom stereocenters. The quantitative estimate of drug-likeness (QED) is 0.396. The molecule has 0 radical (unpaired) electrons. The van der Waals surface area contributed by atoms with Gasteiger partial charge in [0, 0.05) is 36.1 Å². The van der Waals surface area contributed by atoms with Crippen LogP contribution in [0, 0.1) is 6.92 Å². The maximum absolute atomic E-state index is 12.3. The van der Waals surface area contributed by atoms with E-state index in [-0.39, 0.29) is 0 Å². The smallest absolute Gasteiger partial charge is 0.352 e. The van der Waals surface area contributed by atoms with Gasteiger partial charge in [0.15, 0.2) is 0 Å². The molecule has 0 unspecified atom stereocenters. The Morgan fingerprint density at radius 3 is 2.42 bits per heavy atom. The highest BCUT2D eigenvalue weighted by atomic mass is 16.4. The van der Waals surface area contributed by atoms with Crippen LogP contribution in [0.3, 0.4) is 0 Å². The Kier molecular flexibility index (Phi) is 6.01. The van der Waals surface area contributed by atoms with Crippen LogP contribution in [0.2, 0.25) is 0 Å². The number of aryl methyl sites for hydroxylation is 1. The highest BCUT2D eigenvalue weighted by Crippen LogP contribution is 2.28. The van der Waals surface area contributed by atoms with Crippen molar-refractivity contribution in [3.8, 4) is 0 Å². The number of carboxylic acid groups (broad SMARTS) is 1. The first kappa shape index (κ1) is 20.6. The Bertz CT molecular complexity index is 1240. The fourth-order valence-corrected chi connectivity index (χ4v) is 4.04. The van der Waals surface area contributed by atoms with Crippen LogP contribution in [-0.2, 0) is 19.6 Å². The highest BCUT2D eigenvalue weighted by Gasteiger charge is 2.22. The van der Waals surface area contributed by atoms with E-state index in [0.29, 0.717) is 25.3 Å². The van der Waals surface area contributed by atoms with Crippen molar-refractivity contribution in [1.82, 2.24) is 9.88 Å². The van der Waals surface area contributed by atoms with E-state index in [2.05, 4.69) is 31.0 Å². The number of carbonyl (C=O) groups is 1. The molecular formula is C27H26N2O2. The zero-order valence-corrected chi connectivity index (χ0v) is 17.6. The number of hydrogen-bond acceptors (Lipinski definition) is 2. The molecule has 3 aromatic carbocycles. The van der Waals surface area contributed by atoms with E-state index >= 15 is 0 Å². The first-order valence-electron chi connectivity index (χ1n) is 10.4. The lowest BCUT2D eigenvalue weighted by molar-refractivity contribution is 0.0685. The van der Waals surface area contributed by atoms with Gasteiger partial charge in [-0.2, -0.15) is 0 Å². The fourth-order valence-electron chi connectivity index (χ4n) is 4.04. The second-order valence-corrected chi connectivity index (χ2v) is 7.71. The summed E-state index contributed by atoms with van der Waals surface area (Å²) in [6.07, 6.45) is 1.80. The van der Waals surface area contributed by atoms with Gasteiger partial charge in [-0.05, 0) is 35.2 Å². The highest BCUT2D eigenvalue weighted by molar-refractivity contribution is 5.98. The van der Waals surface area contributed by atoms with Gasteiger partial charge in [-0.25, -0.2) is 4.79 Å². The van der Waals surface area contributed by atoms with Crippen LogP contribution < -0.4 is 5.32 Å². The predicted octanol–water partition coefficient (Wildman–Crippen LogP) is 5.63. The van der Waals surface area contributed by atoms with Crippen molar-refractivity contribution in [3.05, 3.63) is 113 Å². The molecule has 4 aromatic rings. The summed E-state index contributed by atoms with van der Waals surface area (Å²) in [7, 11) is 0. The lowest BCUT2D eigenvalue weighted by atomic mass is 10.1. The van der Waals surface area contributed by atoms with Crippen LogP contribution >= 0.6 is 0 Å². The standard InChI is InChI=1S/C27H26N2O2/c1-3-20-12-14-21(15-13-20)18-29-25-11-7-6-10-23(25)24(26(29)27(30)31)17-28-16-22-9-5-4-8-19(22)2/h3-15,28H,1,16-18H2,2H3,(H,30,31). The van der Waals surface area contributed by atoms with Crippen molar-refractivity contribution >= 4 is 22.9 Å². The summed E-state index contributed by atoms with van der Waals surface area (Å²) in [5, 5.41) is 14.5. The Hall–Kier alpha value is -3.63. The summed E-state index contributed by atoms with van der Waals surface area (Å²) in [4.78, 5) is 12.3. The van der Waals surface area contributed by atoms with Crippen LogP contribution in [0.1, 0.15) is 38.3 Å². The van der Waals surface area contributed by atoms with Crippen molar-refractivity contribution in [1.29, 1.82) is 0 Å². The molecule has 0 saturated carbocycles. The van der Waals surface area contributed by atoms with Crippen molar-refractivity contribution in [2.45, 2.75) is 26.6 Å². The first-order valence-corrected chi connectivity index (χ1v) is 10.4. The number of para-hydroxylation sites is 1. The molecular weight excluding hydrogens is 384 g/mol. The molecule has 4 nitrogen and oxygen atoms in total. The molecule has 0 aliphatic heterocycles. The van der Waals surface area contributed by atoms with Gasteiger partial charge in [0.1, 0.15) is 5.69 Å². The monoisotopic (exact) mass is 410 g/mol. The molecule has 1 aromatic heterocycles. The number of benzene rings is 3. The predicted molar refractivity (Wildman–Crippen MR) is 126 cm³/mol. The van der Waals surface area contributed by atoms with Gasteiger partial charge < -0.3 is 15.0 Å². The molecule has 0 spiro atoms. The summed E-state index contributed by atoms with van der Waals surface area (Å²) in [5.74, 6) is -0.911. The van der Waals surface area contributed by atoms with Crippen molar-refractivity contribution in [3.63, 3.8) is 0 Å². The third-order valence-electron chi connectivity index (χ3n) is 5.71. The minimum Gasteiger partial charge on any atom is -0.477 e. The van der Waals surface area contributed by atoms with Gasteiger partial charge in [0.25, 0.3) is 0 Å². The van der Waals surface area contributed by atoms with Crippen LogP contribution in [0.5, 0.6) is 0 Å². The Labute approximate surface area is 182 Å². The number of aromatic carboxylic acids is 1. The molecule has 4 heteroatoms. The normalized spacial score (nSPS) is 11.0. The lowest BCUT2D eigenvalue weighted by Gasteiger charge is -2.11. The van der Waals surface area contributed by atoms with Gasteiger partial charge in [0.05, 0.1) is 0 Å². The Balaban J connectivity index is 1.69. The summed E-state index contributed by atoms with van der Waals surface area (Å²) in [5.41, 5.74) is 6.62. The van der Waals surface area contributed by atoms with Gasteiger partial charge in [-0.15, -0.1) is 0 Å². The van der Waals surface area contributed by atoms with E-state index in [1.807, 2.05) is 65.2 Å². The van der Waals surface area contributed by atoms with E-state index < -0.39 is 5.97 Å². The zero-order valence-electron chi connectivity index (χ0n) is 17.6. The van der Waals surface area contributed by atoms with E-state index in [1.54, 1.807) is 6.08 Å². The molecule has 0 fully saturated rings. The second kappa shape index (κ2) is 9.02. The van der Waals surface area contributed by atoms with E-state index in [1.165, 1.54) is 11.1 Å². The van der Waals surface area contributed by atoms with Crippen LogP contribution in [0.25, 0.3) is 17.0 Å². The molecule has 31 heavy (non-hydrogen) atoms. The largest absolute Gasteiger partial charge is 0.477 e. The number of fused-ring (bicyclic) bond motifs is 1. The summed E-state index contributed by atoms with van der Waals surface area (Å²) >= 11 is 0. The molecule has 4 rings (SSSR count). The molecule has 0 bridgehead atoms. The number of nitrogens with zero attached hydrogens (tertiary/aromatic N) is 1. The van der Waals surface area contributed by atoms with E-state index in [9.17, 15) is 9.90 Å². The number of aromatic nitrogens is 1. The molecule has 0 aliphatic carbocycles. The zero-order chi connectivity index (χ0) is 21.8. The Morgan fingerprint density at radius 2 is 1.71 bits per heavy atom. The van der Waals surface area contributed by atoms with Gasteiger partial charge in [-0.3, -0.25) is 0 Å². The average Bonchev–Trinajstić information content (AvgIpc) is 3.09. The third kappa shape index (κ3) is 4.30. The molecule has 1 heterocycles. The SMILES string of the molecule is C=Cc1ccc(Cn2c(C(=O)O)c(CNCc3ccccc3C)c3ccccc32)cc1. The van der Waals surface area contributed by atoms with Crippen LogP contribution in [0.4, 0.5) is 0 Å². The summed E-state index contributed by atoms with van der Waals surface area (Å²) < 4.78 is 1.91. The second-order valence-electron chi connectivity index (χ2n) is 7.71. The maximum Gasteiger partial charge on any atom is 0.352 e. The van der Waals surface area contributed by atoms with Gasteiger partial charge in [0.2, 0.25) is 0 Å². The van der Waals surface area contributed by atoms with Crippen molar-refractivity contribution < 1.29 is 9.90 Å². The van der Waals surface area contributed by atoms with Crippen LogP contribution in [-0.4, -0.2) is 15.6 Å². The van der Waals surface area contributed by atoms with E-state index in [4.69, 9.17) is 0 Å². The lowest BCUT2D eigenvalue weighted by Crippen LogP contribution is -2.17. The topological polar surface area (TPSA) is 54.3 Å². The van der Waals surface area contributed by atoms with Crippen molar-refractivity contribution in [2.75, 3.05) is 0 Å². The minimum atomic E-state index is -0.911. The van der Waals surface area contributed by atoms with Crippen molar-refractivity contribution in [2.24, 2.45) is 0 Å². The molecule has 2 N–H and O–H groups in total. The molecule has 0 aliphatic rings. The number of rotatable bonds is 8. The molecule has 0 amide bonds. The third-order valence-corrected chi connectivity index (χ3v) is 5.71.